The standard InChI is InChI=1S/C13H17BrN4/c1-17(2)9-5-6-11-12(14)16-13(18(11)8-9)10-4-3-7-15-10/h5-6,8,10,15H,3-4,7H2,1-2H3. The summed E-state index contributed by atoms with van der Waals surface area (Å²) in [5.74, 6) is 1.11. The van der Waals surface area contributed by atoms with Gasteiger partial charge in [-0.15, -0.1) is 0 Å². The van der Waals surface area contributed by atoms with Gasteiger partial charge in [0.15, 0.2) is 0 Å². The molecule has 96 valence electrons. The van der Waals surface area contributed by atoms with Crippen LogP contribution in [0.5, 0.6) is 0 Å². The highest BCUT2D eigenvalue weighted by atomic mass is 79.9. The molecule has 18 heavy (non-hydrogen) atoms. The lowest BCUT2D eigenvalue weighted by Gasteiger charge is -2.14. The van der Waals surface area contributed by atoms with Crippen LogP contribution in [-0.2, 0) is 0 Å². The molecule has 0 radical (unpaired) electrons. The van der Waals surface area contributed by atoms with Crippen LogP contribution in [0.4, 0.5) is 5.69 Å². The van der Waals surface area contributed by atoms with Gasteiger partial charge in [0.1, 0.15) is 10.4 Å². The van der Waals surface area contributed by atoms with Gasteiger partial charge in [-0.25, -0.2) is 4.98 Å². The summed E-state index contributed by atoms with van der Waals surface area (Å²) in [7, 11) is 4.11. The number of aromatic nitrogens is 2. The fraction of sp³-hybridized carbons (Fsp3) is 0.462. The van der Waals surface area contributed by atoms with Crippen LogP contribution >= 0.6 is 15.9 Å². The Labute approximate surface area is 115 Å². The topological polar surface area (TPSA) is 32.6 Å². The number of anilines is 1. The van der Waals surface area contributed by atoms with Crippen LogP contribution in [0.2, 0.25) is 0 Å². The monoisotopic (exact) mass is 308 g/mol. The highest BCUT2D eigenvalue weighted by Gasteiger charge is 2.22. The molecule has 0 aromatic carbocycles. The van der Waals surface area contributed by atoms with Crippen molar-refractivity contribution >= 4 is 27.1 Å². The minimum atomic E-state index is 0.376. The van der Waals surface area contributed by atoms with Crippen molar-refractivity contribution in [2.24, 2.45) is 0 Å². The molecule has 0 saturated carbocycles. The molecule has 1 unspecified atom stereocenters. The zero-order chi connectivity index (χ0) is 12.7. The molecule has 2 aromatic rings. The molecule has 0 aliphatic carbocycles. The van der Waals surface area contributed by atoms with Gasteiger partial charge in [0.2, 0.25) is 0 Å². The quantitative estimate of drug-likeness (QED) is 0.925. The highest BCUT2D eigenvalue weighted by Crippen LogP contribution is 2.28. The van der Waals surface area contributed by atoms with E-state index in [1.54, 1.807) is 0 Å². The molecule has 3 heterocycles. The average molecular weight is 309 g/mol. The molecule has 4 nitrogen and oxygen atoms in total. The van der Waals surface area contributed by atoms with Gasteiger partial charge < -0.3 is 10.2 Å². The van der Waals surface area contributed by atoms with Gasteiger partial charge in [0.25, 0.3) is 0 Å². The van der Waals surface area contributed by atoms with E-state index in [1.165, 1.54) is 12.1 Å². The SMILES string of the molecule is CN(C)c1ccc2c(Br)nc(C3CCCN3)n2c1. The molecule has 2 aromatic heterocycles. The Morgan fingerprint density at radius 3 is 2.94 bits per heavy atom. The fourth-order valence-corrected chi connectivity index (χ4v) is 2.98. The van der Waals surface area contributed by atoms with Crippen molar-refractivity contribution in [3.63, 3.8) is 0 Å². The first-order valence-corrected chi connectivity index (χ1v) is 7.04. The fourth-order valence-electron chi connectivity index (χ4n) is 2.47. The van der Waals surface area contributed by atoms with Crippen LogP contribution in [0.1, 0.15) is 24.7 Å². The summed E-state index contributed by atoms with van der Waals surface area (Å²) in [6.45, 7) is 1.09. The molecule has 1 atom stereocenters. The molecule has 1 aliphatic heterocycles. The second kappa shape index (κ2) is 4.55. The molecule has 1 saturated heterocycles. The second-order valence-corrected chi connectivity index (χ2v) is 5.70. The van der Waals surface area contributed by atoms with Crippen LogP contribution in [-0.4, -0.2) is 30.0 Å². The van der Waals surface area contributed by atoms with Gasteiger partial charge in [0.05, 0.1) is 17.2 Å². The van der Waals surface area contributed by atoms with Gasteiger partial charge >= 0.3 is 0 Å². The summed E-state index contributed by atoms with van der Waals surface area (Å²) < 4.78 is 3.12. The molecule has 1 fully saturated rings. The second-order valence-electron chi connectivity index (χ2n) is 4.95. The van der Waals surface area contributed by atoms with Crippen LogP contribution in [0, 0.1) is 0 Å². The average Bonchev–Trinajstić information content (AvgIpc) is 2.97. The molecule has 0 spiro atoms. The van der Waals surface area contributed by atoms with E-state index in [1.807, 2.05) is 0 Å². The minimum Gasteiger partial charge on any atom is -0.376 e. The highest BCUT2D eigenvalue weighted by molar-refractivity contribution is 9.10. The molecule has 5 heteroatoms. The number of halogens is 1. The van der Waals surface area contributed by atoms with E-state index in [0.29, 0.717) is 6.04 Å². The largest absolute Gasteiger partial charge is 0.376 e. The summed E-state index contributed by atoms with van der Waals surface area (Å²) >= 11 is 3.55. The number of rotatable bonds is 2. The summed E-state index contributed by atoms with van der Waals surface area (Å²) in [5, 5.41) is 3.51. The van der Waals surface area contributed by atoms with Crippen molar-refractivity contribution in [3.05, 3.63) is 28.8 Å². The molecular weight excluding hydrogens is 292 g/mol. The summed E-state index contributed by atoms with van der Waals surface area (Å²) in [4.78, 5) is 6.78. The number of hydrogen-bond donors (Lipinski definition) is 1. The zero-order valence-corrected chi connectivity index (χ0v) is 12.2. The van der Waals surface area contributed by atoms with Crippen LogP contribution in [0.25, 0.3) is 5.52 Å². The molecule has 0 amide bonds. The third-order valence-electron chi connectivity index (χ3n) is 3.49. The lowest BCUT2D eigenvalue weighted by atomic mass is 10.2. The molecule has 1 aliphatic rings. The van der Waals surface area contributed by atoms with Crippen LogP contribution in [0.15, 0.2) is 22.9 Å². The third kappa shape index (κ3) is 1.91. The first kappa shape index (κ1) is 12.0. The smallest absolute Gasteiger partial charge is 0.132 e. The summed E-state index contributed by atoms with van der Waals surface area (Å²) in [6, 6.07) is 4.61. The Bertz CT molecular complexity index is 570. The zero-order valence-electron chi connectivity index (χ0n) is 10.7. The summed E-state index contributed by atoms with van der Waals surface area (Å²) in [5.41, 5.74) is 2.32. The van der Waals surface area contributed by atoms with E-state index in [0.717, 1.165) is 28.9 Å². The Hall–Kier alpha value is -1.07. The van der Waals surface area contributed by atoms with Crippen LogP contribution < -0.4 is 10.2 Å². The predicted molar refractivity (Wildman–Crippen MR) is 77.2 cm³/mol. The lowest BCUT2D eigenvalue weighted by molar-refractivity contribution is 0.602. The normalized spacial score (nSPS) is 19.6. The molecular formula is C13H17BrN4. The van der Waals surface area contributed by atoms with Crippen molar-refractivity contribution in [1.29, 1.82) is 0 Å². The number of pyridine rings is 1. The van der Waals surface area contributed by atoms with Crippen LogP contribution in [0.3, 0.4) is 0 Å². The number of fused-ring (bicyclic) bond motifs is 1. The molecule has 1 N–H and O–H groups in total. The maximum absolute atomic E-state index is 4.67. The number of hydrogen-bond acceptors (Lipinski definition) is 3. The summed E-state index contributed by atoms with van der Waals surface area (Å²) in [6.07, 6.45) is 4.55. The number of imidazole rings is 1. The van der Waals surface area contributed by atoms with E-state index < -0.39 is 0 Å². The van der Waals surface area contributed by atoms with Gasteiger partial charge in [0, 0.05) is 20.3 Å². The number of nitrogens with one attached hydrogen (secondary N) is 1. The van der Waals surface area contributed by atoms with Gasteiger partial charge in [-0.3, -0.25) is 4.40 Å². The molecule has 0 bridgehead atoms. The van der Waals surface area contributed by atoms with E-state index in [-0.39, 0.29) is 0 Å². The first-order valence-electron chi connectivity index (χ1n) is 6.25. The Balaban J connectivity index is 2.15. The van der Waals surface area contributed by atoms with E-state index in [4.69, 9.17) is 0 Å². The van der Waals surface area contributed by atoms with Gasteiger partial charge in [-0.1, -0.05) is 0 Å². The van der Waals surface area contributed by atoms with Gasteiger partial charge in [-0.05, 0) is 47.4 Å². The van der Waals surface area contributed by atoms with E-state index in [9.17, 15) is 0 Å². The maximum atomic E-state index is 4.67. The maximum Gasteiger partial charge on any atom is 0.132 e. The van der Waals surface area contributed by atoms with E-state index in [2.05, 4.69) is 68.0 Å². The Morgan fingerprint density at radius 1 is 1.44 bits per heavy atom. The van der Waals surface area contributed by atoms with Crippen molar-refractivity contribution in [2.75, 3.05) is 25.5 Å². The van der Waals surface area contributed by atoms with E-state index >= 15 is 0 Å². The van der Waals surface area contributed by atoms with Gasteiger partial charge in [-0.2, -0.15) is 0 Å². The van der Waals surface area contributed by atoms with Crippen molar-refractivity contribution < 1.29 is 0 Å². The first-order chi connectivity index (χ1) is 8.66. The predicted octanol–water partition coefficient (Wildman–Crippen LogP) is 2.59. The third-order valence-corrected chi connectivity index (χ3v) is 4.08. The lowest BCUT2D eigenvalue weighted by Crippen LogP contribution is -2.16. The van der Waals surface area contributed by atoms with Crippen molar-refractivity contribution in [1.82, 2.24) is 14.7 Å². The number of nitrogens with zero attached hydrogens (tertiary/aromatic N) is 3. The minimum absolute atomic E-state index is 0.376. The Kier molecular flexibility index (Phi) is 3.03. The Morgan fingerprint density at radius 2 is 2.28 bits per heavy atom. The van der Waals surface area contributed by atoms with Crippen molar-refractivity contribution in [3.8, 4) is 0 Å². The molecule has 3 rings (SSSR count). The van der Waals surface area contributed by atoms with Crippen molar-refractivity contribution in [2.45, 2.75) is 18.9 Å².